The van der Waals surface area contributed by atoms with Gasteiger partial charge in [-0.1, -0.05) is 179 Å². The van der Waals surface area contributed by atoms with Crippen molar-refractivity contribution < 1.29 is 26.2 Å². The quantitative estimate of drug-likeness (QED) is 0.162. The Labute approximate surface area is 386 Å². The van der Waals surface area contributed by atoms with Crippen LogP contribution in [0, 0.1) is 19.9 Å². The summed E-state index contributed by atoms with van der Waals surface area (Å²) in [5.74, 6) is 0.898. The molecule has 9 rings (SSSR count). The zero-order chi connectivity index (χ0) is 43.3. The molecule has 0 bridgehead atoms. The van der Waals surface area contributed by atoms with Crippen LogP contribution in [0.15, 0.2) is 164 Å². The van der Waals surface area contributed by atoms with Gasteiger partial charge >= 0.3 is 0 Å². The van der Waals surface area contributed by atoms with Crippen molar-refractivity contribution in [2.24, 2.45) is 0 Å². The number of hydrogen-bond donors (Lipinski definition) is 1. The van der Waals surface area contributed by atoms with Gasteiger partial charge in [-0.3, -0.25) is 9.55 Å². The van der Waals surface area contributed by atoms with E-state index >= 15 is 0 Å². The van der Waals surface area contributed by atoms with Gasteiger partial charge in [0.25, 0.3) is 0 Å². The Morgan fingerprint density at radius 1 is 0.524 bits per heavy atom. The molecule has 4 nitrogen and oxygen atoms in total. The smallest absolute Gasteiger partial charge is 0.148 e. The molecule has 0 atom stereocenters. The van der Waals surface area contributed by atoms with E-state index in [-0.39, 0.29) is 37.6 Å². The van der Waals surface area contributed by atoms with Crippen molar-refractivity contribution in [1.82, 2.24) is 14.5 Å². The normalized spacial score (nSPS) is 11.7. The first kappa shape index (κ1) is 43.3. The summed E-state index contributed by atoms with van der Waals surface area (Å²) in [6.07, 6.45) is 1.89. The van der Waals surface area contributed by atoms with Gasteiger partial charge in [-0.15, -0.1) is 23.8 Å². The fourth-order valence-corrected chi connectivity index (χ4v) is 8.32. The number of aromatic hydroxyl groups is 1. The summed E-state index contributed by atoms with van der Waals surface area (Å²) in [5, 5.41) is 12.0. The van der Waals surface area contributed by atoms with E-state index in [0.29, 0.717) is 11.4 Å². The minimum Gasteiger partial charge on any atom is -0.507 e. The second-order valence-electron chi connectivity index (χ2n) is 18.6. The van der Waals surface area contributed by atoms with Gasteiger partial charge in [-0.05, 0) is 94.0 Å². The molecule has 316 valence electrons. The van der Waals surface area contributed by atoms with E-state index in [1.54, 1.807) is 0 Å². The van der Waals surface area contributed by atoms with E-state index in [0.717, 1.165) is 83.6 Å². The zero-order valence-electron chi connectivity index (χ0n) is 37.2. The van der Waals surface area contributed by atoms with Gasteiger partial charge in [0.15, 0.2) is 0 Å². The third kappa shape index (κ3) is 8.58. The van der Waals surface area contributed by atoms with Gasteiger partial charge in [0, 0.05) is 38.5 Å². The summed E-state index contributed by atoms with van der Waals surface area (Å²) in [5.41, 5.74) is 17.7. The van der Waals surface area contributed by atoms with Crippen LogP contribution in [0.1, 0.15) is 63.8 Å². The van der Waals surface area contributed by atoms with E-state index in [1.807, 2.05) is 19.2 Å². The van der Waals surface area contributed by atoms with E-state index in [9.17, 15) is 5.11 Å². The van der Waals surface area contributed by atoms with Crippen molar-refractivity contribution in [3.8, 4) is 78.6 Å². The predicted octanol–water partition coefficient (Wildman–Crippen LogP) is 15.1. The number of benzene rings is 7. The Kier molecular flexibility index (Phi) is 11.7. The van der Waals surface area contributed by atoms with Gasteiger partial charge in [-0.25, -0.2) is 4.98 Å². The van der Waals surface area contributed by atoms with Gasteiger partial charge in [-0.2, -0.15) is 0 Å². The van der Waals surface area contributed by atoms with Crippen molar-refractivity contribution in [2.75, 3.05) is 0 Å². The second kappa shape index (κ2) is 17.1. The molecule has 0 radical (unpaired) electrons. The average Bonchev–Trinajstić information content (AvgIpc) is 3.66. The summed E-state index contributed by atoms with van der Waals surface area (Å²) < 4.78 is 2.25. The summed E-state index contributed by atoms with van der Waals surface area (Å²) >= 11 is 0. The molecule has 0 saturated carbocycles. The SMILES string of the molecule is Cc1ccc(-c2ccnc(-c3[c-]c(-c4cccc5c4nc(-c4cc(C(C)(C)C)cc(C)c4O)n5-c4ccc(C(C)(C)C)cc4-c4ccccc4)cc(-c4ccccc4)c3)c2)cc1.[Pt]. The Morgan fingerprint density at radius 3 is 1.84 bits per heavy atom. The van der Waals surface area contributed by atoms with Gasteiger partial charge < -0.3 is 5.11 Å². The molecule has 0 saturated heterocycles. The Balaban J connectivity index is 0.00000544. The van der Waals surface area contributed by atoms with Crippen molar-refractivity contribution >= 4 is 11.0 Å². The number of fused-ring (bicyclic) bond motifs is 1. The zero-order valence-corrected chi connectivity index (χ0v) is 39.5. The van der Waals surface area contributed by atoms with E-state index in [1.165, 1.54) is 11.1 Å². The second-order valence-corrected chi connectivity index (χ2v) is 18.6. The summed E-state index contributed by atoms with van der Waals surface area (Å²) in [4.78, 5) is 10.5. The van der Waals surface area contributed by atoms with Crippen LogP contribution in [-0.2, 0) is 31.9 Å². The molecule has 0 unspecified atom stereocenters. The van der Waals surface area contributed by atoms with Gasteiger partial charge in [0.1, 0.15) is 11.6 Å². The van der Waals surface area contributed by atoms with Crippen LogP contribution >= 0.6 is 0 Å². The first-order chi connectivity index (χ1) is 29.7. The maximum Gasteiger partial charge on any atom is 0.148 e. The van der Waals surface area contributed by atoms with Crippen molar-refractivity contribution in [3.63, 3.8) is 0 Å². The molecule has 1 N–H and O–H groups in total. The third-order valence-electron chi connectivity index (χ3n) is 12.0. The summed E-state index contributed by atoms with van der Waals surface area (Å²) in [6, 6.07) is 59.5. The minimum atomic E-state index is -0.160. The maximum absolute atomic E-state index is 12.0. The minimum absolute atomic E-state index is 0. The molecule has 5 heteroatoms. The van der Waals surface area contributed by atoms with Crippen LogP contribution in [0.4, 0.5) is 0 Å². The van der Waals surface area contributed by atoms with Crippen LogP contribution in [0.3, 0.4) is 0 Å². The van der Waals surface area contributed by atoms with Crippen LogP contribution in [0.25, 0.3) is 83.9 Å². The number of aromatic nitrogens is 3. The molecule has 63 heavy (non-hydrogen) atoms. The number of hydrogen-bond acceptors (Lipinski definition) is 3. The largest absolute Gasteiger partial charge is 0.507 e. The first-order valence-electron chi connectivity index (χ1n) is 21.5. The molecular formula is C58H52N3OPt-. The number of phenols is 1. The molecule has 9 aromatic rings. The van der Waals surface area contributed by atoms with Gasteiger partial charge in [0.05, 0.1) is 22.3 Å². The summed E-state index contributed by atoms with van der Waals surface area (Å²) in [6.45, 7) is 17.5. The van der Waals surface area contributed by atoms with Crippen LogP contribution < -0.4 is 0 Å². The van der Waals surface area contributed by atoms with Crippen LogP contribution in [0.5, 0.6) is 5.75 Å². The van der Waals surface area contributed by atoms with E-state index in [2.05, 4.69) is 211 Å². The predicted molar refractivity (Wildman–Crippen MR) is 259 cm³/mol. The molecule has 2 heterocycles. The van der Waals surface area contributed by atoms with Crippen LogP contribution in [0.2, 0.25) is 0 Å². The molecule has 0 amide bonds. The number of imidazole rings is 1. The fourth-order valence-electron chi connectivity index (χ4n) is 8.32. The Hall–Kier alpha value is -6.35. The number of rotatable bonds is 7. The molecular weight excluding hydrogens is 950 g/mol. The molecule has 0 spiro atoms. The fraction of sp³-hybridized carbons (Fsp3) is 0.172. The maximum atomic E-state index is 12.0. The number of nitrogens with zero attached hydrogens (tertiary/aromatic N) is 3. The molecule has 0 aliphatic rings. The van der Waals surface area contributed by atoms with Crippen molar-refractivity contribution in [1.29, 1.82) is 0 Å². The number of pyridine rings is 1. The summed E-state index contributed by atoms with van der Waals surface area (Å²) in [7, 11) is 0. The van der Waals surface area contributed by atoms with E-state index in [4.69, 9.17) is 9.97 Å². The number of phenolic OH excluding ortho intramolecular Hbond substituents is 1. The first-order valence-corrected chi connectivity index (χ1v) is 21.5. The van der Waals surface area contributed by atoms with Crippen molar-refractivity contribution in [3.05, 3.63) is 192 Å². The van der Waals surface area contributed by atoms with E-state index < -0.39 is 0 Å². The Bertz CT molecular complexity index is 3100. The molecule has 2 aromatic heterocycles. The molecule has 0 aliphatic carbocycles. The van der Waals surface area contributed by atoms with Crippen LogP contribution in [-0.4, -0.2) is 19.6 Å². The number of aryl methyl sites for hydroxylation is 2. The monoisotopic (exact) mass is 1000 g/mol. The topological polar surface area (TPSA) is 50.9 Å². The average molecular weight is 1000 g/mol. The third-order valence-corrected chi connectivity index (χ3v) is 12.0. The molecule has 0 fully saturated rings. The van der Waals surface area contributed by atoms with Crippen molar-refractivity contribution in [2.45, 2.75) is 66.2 Å². The molecule has 7 aromatic carbocycles. The number of para-hydroxylation sites is 1. The Morgan fingerprint density at radius 2 is 1.16 bits per heavy atom. The molecule has 0 aliphatic heterocycles. The standard InChI is InChI=1S/C58H52N3O.Pt/c1-37-22-24-40(25-23-37)42-28-29-59-51(34-42)45-32-43(39-16-11-9-12-17-39)31-44(33-45)48-20-15-21-53-54(48)60-56(50-36-47(58(6,7)8)30-38(2)55(50)62)61(53)52-27-26-46(57(3,4)5)35-49(52)41-18-13-10-14-19-41;/h9-32,34-36,62H,1-8H3;/q-1;. The van der Waals surface area contributed by atoms with Gasteiger partial charge in [0.2, 0.25) is 0 Å².